The summed E-state index contributed by atoms with van der Waals surface area (Å²) in [7, 11) is 1.34. The van der Waals surface area contributed by atoms with Crippen LogP contribution in [0.15, 0.2) is 18.2 Å². The maximum absolute atomic E-state index is 13.3. The molecular formula is C11H11FN2O5. The van der Waals surface area contributed by atoms with Gasteiger partial charge in [0.05, 0.1) is 5.56 Å². The van der Waals surface area contributed by atoms with Gasteiger partial charge in [0.1, 0.15) is 11.6 Å². The van der Waals surface area contributed by atoms with Crippen molar-refractivity contribution < 1.29 is 28.6 Å². The molecule has 0 aliphatic heterocycles. The number of carbonyl (C=O) groups is 3. The van der Waals surface area contributed by atoms with E-state index in [-0.39, 0.29) is 5.75 Å². The second-order valence-electron chi connectivity index (χ2n) is 3.36. The molecular weight excluding hydrogens is 259 g/mol. The van der Waals surface area contributed by atoms with Crippen LogP contribution in [0.25, 0.3) is 0 Å². The van der Waals surface area contributed by atoms with Crippen LogP contribution in [0.4, 0.5) is 9.18 Å². The molecule has 1 aromatic rings. The van der Waals surface area contributed by atoms with E-state index in [2.05, 4.69) is 5.32 Å². The fourth-order valence-corrected chi connectivity index (χ4v) is 1.13. The van der Waals surface area contributed by atoms with Crippen LogP contribution in [0.5, 0.6) is 5.75 Å². The Hall–Kier alpha value is -2.64. The summed E-state index contributed by atoms with van der Waals surface area (Å²) in [5.74, 6) is -3.12. The lowest BCUT2D eigenvalue weighted by Crippen LogP contribution is -2.39. The molecule has 0 radical (unpaired) electrons. The number of nitrogens with one attached hydrogen (secondary N) is 2. The largest absolute Gasteiger partial charge is 0.484 e. The predicted octanol–water partition coefficient (Wildman–Crippen LogP) is 0.358. The summed E-state index contributed by atoms with van der Waals surface area (Å²) in [5, 5.41) is 12.7. The van der Waals surface area contributed by atoms with E-state index in [1.54, 1.807) is 0 Å². The molecule has 0 aliphatic carbocycles. The number of urea groups is 1. The minimum atomic E-state index is -1.40. The molecule has 0 unspecified atom stereocenters. The molecule has 1 aromatic carbocycles. The normalized spacial score (nSPS) is 9.58. The van der Waals surface area contributed by atoms with Crippen molar-refractivity contribution in [1.82, 2.24) is 10.6 Å². The number of rotatable bonds is 4. The highest BCUT2D eigenvalue weighted by Gasteiger charge is 2.12. The van der Waals surface area contributed by atoms with Gasteiger partial charge in [0, 0.05) is 13.1 Å². The van der Waals surface area contributed by atoms with E-state index in [4.69, 9.17) is 9.84 Å². The molecule has 0 saturated heterocycles. The molecule has 0 aliphatic rings. The van der Waals surface area contributed by atoms with Crippen molar-refractivity contribution in [2.45, 2.75) is 0 Å². The summed E-state index contributed by atoms with van der Waals surface area (Å²) in [6, 6.07) is 2.38. The zero-order valence-electron chi connectivity index (χ0n) is 9.90. The predicted molar refractivity (Wildman–Crippen MR) is 61.5 cm³/mol. The lowest BCUT2D eigenvalue weighted by molar-refractivity contribution is -0.122. The molecule has 0 aromatic heterocycles. The van der Waals surface area contributed by atoms with Crippen LogP contribution < -0.4 is 15.4 Å². The first-order chi connectivity index (χ1) is 8.93. The third kappa shape index (κ3) is 4.26. The molecule has 3 amide bonds. The van der Waals surface area contributed by atoms with Gasteiger partial charge in [-0.25, -0.2) is 14.0 Å². The van der Waals surface area contributed by atoms with Crippen molar-refractivity contribution in [3.05, 3.63) is 29.6 Å². The topological polar surface area (TPSA) is 105 Å². The number of carbonyl (C=O) groups excluding carboxylic acids is 2. The molecule has 7 nitrogen and oxygen atoms in total. The Labute approximate surface area is 107 Å². The smallest absolute Gasteiger partial charge is 0.338 e. The van der Waals surface area contributed by atoms with Crippen molar-refractivity contribution in [3.63, 3.8) is 0 Å². The lowest BCUT2D eigenvalue weighted by atomic mass is 10.2. The van der Waals surface area contributed by atoms with Gasteiger partial charge in [0.2, 0.25) is 0 Å². The number of ether oxygens (including phenoxy) is 1. The van der Waals surface area contributed by atoms with Gasteiger partial charge < -0.3 is 15.2 Å². The van der Waals surface area contributed by atoms with Crippen LogP contribution in [-0.4, -0.2) is 36.7 Å². The van der Waals surface area contributed by atoms with Gasteiger partial charge in [0.25, 0.3) is 5.91 Å². The van der Waals surface area contributed by atoms with Crippen molar-refractivity contribution >= 4 is 17.9 Å². The summed E-state index contributed by atoms with van der Waals surface area (Å²) < 4.78 is 18.2. The molecule has 3 N–H and O–H groups in total. The maximum Gasteiger partial charge on any atom is 0.338 e. The van der Waals surface area contributed by atoms with E-state index in [1.165, 1.54) is 13.1 Å². The fraction of sp³-hybridized carbons (Fsp3) is 0.182. The lowest BCUT2D eigenvalue weighted by Gasteiger charge is -2.07. The van der Waals surface area contributed by atoms with Crippen LogP contribution >= 0.6 is 0 Å². The van der Waals surface area contributed by atoms with E-state index < -0.39 is 35.9 Å². The average Bonchev–Trinajstić information content (AvgIpc) is 2.35. The molecule has 0 spiro atoms. The van der Waals surface area contributed by atoms with Crippen molar-refractivity contribution in [3.8, 4) is 5.75 Å². The number of hydrogen-bond acceptors (Lipinski definition) is 4. The Morgan fingerprint density at radius 2 is 2.05 bits per heavy atom. The SMILES string of the molecule is CNC(=O)NC(=O)COc1ccc(C(=O)O)c(F)c1. The van der Waals surface area contributed by atoms with Crippen LogP contribution in [0.3, 0.4) is 0 Å². The summed E-state index contributed by atoms with van der Waals surface area (Å²) in [5.41, 5.74) is -0.498. The fourth-order valence-electron chi connectivity index (χ4n) is 1.13. The molecule has 0 atom stereocenters. The van der Waals surface area contributed by atoms with Crippen LogP contribution in [0.1, 0.15) is 10.4 Å². The van der Waals surface area contributed by atoms with Crippen molar-refractivity contribution in [1.29, 1.82) is 0 Å². The van der Waals surface area contributed by atoms with Gasteiger partial charge in [-0.15, -0.1) is 0 Å². The molecule has 0 bridgehead atoms. The van der Waals surface area contributed by atoms with Crippen LogP contribution in [0, 0.1) is 5.82 Å². The highest BCUT2D eigenvalue weighted by atomic mass is 19.1. The number of carboxylic acid groups (broad SMARTS) is 1. The Balaban J connectivity index is 2.59. The minimum Gasteiger partial charge on any atom is -0.484 e. The van der Waals surface area contributed by atoms with Gasteiger partial charge in [-0.1, -0.05) is 0 Å². The number of benzene rings is 1. The summed E-state index contributed by atoms with van der Waals surface area (Å²) in [6.45, 7) is -0.501. The first-order valence-corrected chi connectivity index (χ1v) is 5.11. The summed E-state index contributed by atoms with van der Waals surface area (Å²) in [4.78, 5) is 32.5. The zero-order chi connectivity index (χ0) is 14.4. The number of halogens is 1. The molecule has 8 heteroatoms. The zero-order valence-corrected chi connectivity index (χ0v) is 9.90. The van der Waals surface area contributed by atoms with Gasteiger partial charge in [0.15, 0.2) is 6.61 Å². The molecule has 0 saturated carbocycles. The molecule has 102 valence electrons. The third-order valence-corrected chi connectivity index (χ3v) is 2.02. The quantitative estimate of drug-likeness (QED) is 0.732. The van der Waals surface area contributed by atoms with Gasteiger partial charge in [-0.2, -0.15) is 0 Å². The van der Waals surface area contributed by atoms with E-state index >= 15 is 0 Å². The van der Waals surface area contributed by atoms with Crippen molar-refractivity contribution in [2.24, 2.45) is 0 Å². The number of amides is 3. The van der Waals surface area contributed by atoms with Crippen LogP contribution in [-0.2, 0) is 4.79 Å². The Morgan fingerprint density at radius 1 is 1.37 bits per heavy atom. The average molecular weight is 270 g/mol. The standard InChI is InChI=1S/C11H11FN2O5/c1-13-11(18)14-9(15)5-19-6-2-3-7(10(16)17)8(12)4-6/h2-4H,5H2,1H3,(H,16,17)(H2,13,14,15,18). The van der Waals surface area contributed by atoms with Crippen LogP contribution in [0.2, 0.25) is 0 Å². The second kappa shape index (κ2) is 6.34. The van der Waals surface area contributed by atoms with E-state index in [1.807, 2.05) is 5.32 Å². The summed E-state index contributed by atoms with van der Waals surface area (Å²) in [6.07, 6.45) is 0. The van der Waals surface area contributed by atoms with E-state index in [0.717, 1.165) is 12.1 Å². The van der Waals surface area contributed by atoms with Gasteiger partial charge in [-0.3, -0.25) is 10.1 Å². The number of carboxylic acids is 1. The van der Waals surface area contributed by atoms with Crippen molar-refractivity contribution in [2.75, 3.05) is 13.7 Å². The van der Waals surface area contributed by atoms with E-state index in [9.17, 15) is 18.8 Å². The third-order valence-electron chi connectivity index (χ3n) is 2.02. The first kappa shape index (κ1) is 14.4. The molecule has 0 heterocycles. The monoisotopic (exact) mass is 270 g/mol. The highest BCUT2D eigenvalue weighted by Crippen LogP contribution is 2.16. The number of aromatic carboxylic acids is 1. The molecule has 1 rings (SSSR count). The number of hydrogen-bond donors (Lipinski definition) is 3. The van der Waals surface area contributed by atoms with Gasteiger partial charge in [-0.05, 0) is 12.1 Å². The second-order valence-corrected chi connectivity index (χ2v) is 3.36. The Morgan fingerprint density at radius 3 is 2.58 bits per heavy atom. The first-order valence-electron chi connectivity index (χ1n) is 5.11. The van der Waals surface area contributed by atoms with Gasteiger partial charge >= 0.3 is 12.0 Å². The highest BCUT2D eigenvalue weighted by molar-refractivity contribution is 5.94. The van der Waals surface area contributed by atoms with E-state index in [0.29, 0.717) is 0 Å². The Bertz CT molecular complexity index is 518. The molecule has 19 heavy (non-hydrogen) atoms. The summed E-state index contributed by atoms with van der Waals surface area (Å²) >= 11 is 0. The minimum absolute atomic E-state index is 0.0189. The Kier molecular flexibility index (Phi) is 4.81. The maximum atomic E-state index is 13.3. The molecule has 0 fully saturated rings. The number of imide groups is 1.